The van der Waals surface area contributed by atoms with Gasteiger partial charge in [-0.05, 0) is 56.1 Å². The number of aliphatic hydroxyl groups excluding tert-OH is 1. The summed E-state index contributed by atoms with van der Waals surface area (Å²) < 4.78 is 0. The molecular formula is C20H28N2O2. The number of nitrogens with one attached hydrogen (secondary N) is 2. The Labute approximate surface area is 144 Å². The Morgan fingerprint density at radius 1 is 1.17 bits per heavy atom. The summed E-state index contributed by atoms with van der Waals surface area (Å²) in [6.45, 7) is 0.700. The van der Waals surface area contributed by atoms with E-state index in [-0.39, 0.29) is 17.4 Å². The van der Waals surface area contributed by atoms with Crippen LogP contribution in [-0.2, 0) is 10.2 Å². The molecule has 4 nitrogen and oxygen atoms in total. The Morgan fingerprint density at radius 2 is 1.88 bits per heavy atom. The van der Waals surface area contributed by atoms with Crippen molar-refractivity contribution < 1.29 is 9.90 Å². The smallest absolute Gasteiger partial charge is 0.235 e. The van der Waals surface area contributed by atoms with E-state index in [0.717, 1.165) is 31.4 Å². The van der Waals surface area contributed by atoms with E-state index in [1.54, 1.807) is 0 Å². The van der Waals surface area contributed by atoms with E-state index in [9.17, 15) is 9.90 Å². The molecule has 0 aromatic heterocycles. The van der Waals surface area contributed by atoms with Crippen molar-refractivity contribution in [1.29, 1.82) is 0 Å². The Kier molecular flexibility index (Phi) is 4.35. The average molecular weight is 328 g/mol. The number of fused-ring (bicyclic) bond motifs is 2. The molecule has 2 fully saturated rings. The molecule has 1 heterocycles. The maximum Gasteiger partial charge on any atom is 0.235 e. The summed E-state index contributed by atoms with van der Waals surface area (Å²) in [5, 5.41) is 17.0. The Balaban J connectivity index is 1.34. The van der Waals surface area contributed by atoms with Crippen LogP contribution in [0.2, 0.25) is 0 Å². The molecule has 4 heteroatoms. The fraction of sp³-hybridized carbons (Fsp3) is 0.650. The van der Waals surface area contributed by atoms with Gasteiger partial charge < -0.3 is 15.7 Å². The van der Waals surface area contributed by atoms with Gasteiger partial charge in [0.05, 0.1) is 11.5 Å². The Hall–Kier alpha value is -1.39. The first-order valence-corrected chi connectivity index (χ1v) is 9.51. The van der Waals surface area contributed by atoms with Crippen molar-refractivity contribution in [3.05, 3.63) is 29.8 Å². The first-order valence-electron chi connectivity index (χ1n) is 9.51. The lowest BCUT2D eigenvalue weighted by Crippen LogP contribution is -2.45. The minimum Gasteiger partial charge on any atom is -0.392 e. The van der Waals surface area contributed by atoms with Crippen molar-refractivity contribution in [2.75, 3.05) is 11.9 Å². The fourth-order valence-electron chi connectivity index (χ4n) is 4.98. The van der Waals surface area contributed by atoms with Gasteiger partial charge >= 0.3 is 0 Å². The molecule has 0 radical (unpaired) electrons. The lowest BCUT2D eigenvalue weighted by atomic mass is 9.69. The summed E-state index contributed by atoms with van der Waals surface area (Å²) >= 11 is 0. The highest BCUT2D eigenvalue weighted by Crippen LogP contribution is 2.47. The van der Waals surface area contributed by atoms with Gasteiger partial charge in [0.2, 0.25) is 5.91 Å². The van der Waals surface area contributed by atoms with Crippen molar-refractivity contribution in [2.24, 2.45) is 5.92 Å². The standard InChI is InChI=1S/C20H28N2O2/c23-18(14-5-1-2-6-14)13-21-15-9-11-20(12-10-15)16-7-3-4-8-17(16)22-19(20)24/h3-4,7-8,14-15,18,21,23H,1-2,5-6,9-13H2,(H,22,24). The number of carbonyl (C=O) groups is 1. The minimum absolute atomic E-state index is 0.174. The molecule has 0 saturated heterocycles. The normalized spacial score (nSPS) is 31.2. The minimum atomic E-state index is -0.321. The SMILES string of the molecule is O=C1Nc2ccccc2C12CCC(NCC(O)C1CCCC1)CC2. The number of benzene rings is 1. The molecule has 1 unspecified atom stereocenters. The second-order valence-corrected chi connectivity index (χ2v) is 7.88. The zero-order chi connectivity index (χ0) is 16.6. The van der Waals surface area contributed by atoms with Crippen LogP contribution in [0, 0.1) is 5.92 Å². The number of aliphatic hydroxyl groups is 1. The lowest BCUT2D eigenvalue weighted by molar-refractivity contribution is -0.122. The van der Waals surface area contributed by atoms with Crippen LogP contribution in [0.3, 0.4) is 0 Å². The van der Waals surface area contributed by atoms with E-state index in [1.165, 1.54) is 31.2 Å². The summed E-state index contributed by atoms with van der Waals surface area (Å²) in [6.07, 6.45) is 8.46. The van der Waals surface area contributed by atoms with E-state index in [4.69, 9.17) is 0 Å². The number of amides is 1. The maximum atomic E-state index is 12.6. The third-order valence-electron chi connectivity index (χ3n) is 6.52. The van der Waals surface area contributed by atoms with E-state index in [0.29, 0.717) is 18.5 Å². The number of hydrogen-bond acceptors (Lipinski definition) is 3. The highest BCUT2D eigenvalue weighted by molar-refractivity contribution is 6.06. The van der Waals surface area contributed by atoms with Gasteiger partial charge in [0, 0.05) is 18.3 Å². The van der Waals surface area contributed by atoms with Gasteiger partial charge in [-0.2, -0.15) is 0 Å². The topological polar surface area (TPSA) is 61.4 Å². The second-order valence-electron chi connectivity index (χ2n) is 7.88. The predicted octanol–water partition coefficient (Wildman–Crippen LogP) is 2.96. The summed E-state index contributed by atoms with van der Waals surface area (Å²) in [5.74, 6) is 0.660. The van der Waals surface area contributed by atoms with Crippen molar-refractivity contribution in [3.8, 4) is 0 Å². The van der Waals surface area contributed by atoms with Crippen molar-refractivity contribution in [1.82, 2.24) is 5.32 Å². The van der Waals surface area contributed by atoms with Crippen LogP contribution >= 0.6 is 0 Å². The van der Waals surface area contributed by atoms with E-state index < -0.39 is 0 Å². The number of para-hydroxylation sites is 1. The number of hydrogen-bond donors (Lipinski definition) is 3. The molecule has 4 rings (SSSR count). The largest absolute Gasteiger partial charge is 0.392 e. The third kappa shape index (κ3) is 2.76. The summed E-state index contributed by atoms with van der Waals surface area (Å²) in [7, 11) is 0. The fourth-order valence-corrected chi connectivity index (χ4v) is 4.98. The third-order valence-corrected chi connectivity index (χ3v) is 6.52. The van der Waals surface area contributed by atoms with Gasteiger partial charge in [0.15, 0.2) is 0 Å². The van der Waals surface area contributed by atoms with Crippen LogP contribution in [0.5, 0.6) is 0 Å². The van der Waals surface area contributed by atoms with Gasteiger partial charge in [-0.3, -0.25) is 4.79 Å². The highest BCUT2D eigenvalue weighted by atomic mass is 16.3. The molecule has 1 aromatic carbocycles. The van der Waals surface area contributed by atoms with Crippen LogP contribution in [0.25, 0.3) is 0 Å². The predicted molar refractivity (Wildman–Crippen MR) is 95.0 cm³/mol. The monoisotopic (exact) mass is 328 g/mol. The molecule has 1 atom stereocenters. The number of anilines is 1. The quantitative estimate of drug-likeness (QED) is 0.796. The molecule has 1 amide bonds. The Morgan fingerprint density at radius 3 is 2.62 bits per heavy atom. The molecule has 24 heavy (non-hydrogen) atoms. The molecule has 2 aliphatic carbocycles. The number of rotatable bonds is 4. The van der Waals surface area contributed by atoms with E-state index in [2.05, 4.69) is 16.7 Å². The van der Waals surface area contributed by atoms with E-state index >= 15 is 0 Å². The van der Waals surface area contributed by atoms with E-state index in [1.807, 2.05) is 18.2 Å². The summed E-state index contributed by atoms with van der Waals surface area (Å²) in [4.78, 5) is 12.6. The second kappa shape index (κ2) is 6.49. The molecular weight excluding hydrogens is 300 g/mol. The van der Waals surface area contributed by atoms with Crippen LogP contribution < -0.4 is 10.6 Å². The zero-order valence-electron chi connectivity index (χ0n) is 14.3. The van der Waals surface area contributed by atoms with Gasteiger partial charge in [-0.25, -0.2) is 0 Å². The van der Waals surface area contributed by atoms with Crippen molar-refractivity contribution in [2.45, 2.75) is 68.9 Å². The van der Waals surface area contributed by atoms with Crippen LogP contribution in [0.4, 0.5) is 5.69 Å². The zero-order valence-corrected chi connectivity index (χ0v) is 14.3. The average Bonchev–Trinajstić information content (AvgIpc) is 3.23. The van der Waals surface area contributed by atoms with Crippen molar-refractivity contribution in [3.63, 3.8) is 0 Å². The van der Waals surface area contributed by atoms with Crippen LogP contribution in [0.15, 0.2) is 24.3 Å². The summed E-state index contributed by atoms with van der Waals surface area (Å²) in [5.41, 5.74) is 1.85. The molecule has 130 valence electrons. The highest BCUT2D eigenvalue weighted by Gasteiger charge is 2.48. The molecule has 1 aliphatic heterocycles. The van der Waals surface area contributed by atoms with Gasteiger partial charge in [-0.1, -0.05) is 31.0 Å². The van der Waals surface area contributed by atoms with Crippen LogP contribution in [-0.4, -0.2) is 29.7 Å². The number of carbonyl (C=O) groups excluding carboxylic acids is 1. The van der Waals surface area contributed by atoms with Gasteiger partial charge in [-0.15, -0.1) is 0 Å². The molecule has 1 spiro atoms. The maximum absolute atomic E-state index is 12.6. The van der Waals surface area contributed by atoms with Crippen molar-refractivity contribution >= 4 is 11.6 Å². The lowest BCUT2D eigenvalue weighted by Gasteiger charge is -2.36. The van der Waals surface area contributed by atoms with Gasteiger partial charge in [0.1, 0.15) is 0 Å². The van der Waals surface area contributed by atoms with Crippen LogP contribution in [0.1, 0.15) is 56.9 Å². The first kappa shape index (κ1) is 16.1. The summed E-state index contributed by atoms with van der Waals surface area (Å²) in [6, 6.07) is 8.54. The Bertz CT molecular complexity index is 601. The van der Waals surface area contributed by atoms with Gasteiger partial charge in [0.25, 0.3) is 0 Å². The molecule has 1 aromatic rings. The molecule has 3 aliphatic rings. The first-order chi connectivity index (χ1) is 11.7. The molecule has 3 N–H and O–H groups in total. The molecule has 2 saturated carbocycles. The molecule has 0 bridgehead atoms.